The number of anilines is 3. The molecule has 1 heterocycles. The fourth-order valence-corrected chi connectivity index (χ4v) is 2.06. The van der Waals surface area contributed by atoms with E-state index in [0.717, 1.165) is 16.6 Å². The van der Waals surface area contributed by atoms with E-state index < -0.39 is 0 Å². The van der Waals surface area contributed by atoms with E-state index in [1.807, 2.05) is 25.1 Å². The first kappa shape index (κ1) is 15.4. The number of rotatable bonds is 6. The third-order valence-electron chi connectivity index (χ3n) is 2.70. The van der Waals surface area contributed by atoms with Crippen LogP contribution in [0.1, 0.15) is 13.3 Å². The molecule has 2 rings (SSSR count). The summed E-state index contributed by atoms with van der Waals surface area (Å²) < 4.78 is 11.7. The van der Waals surface area contributed by atoms with Gasteiger partial charge in [0.15, 0.2) is 5.82 Å². The standard InChI is InChI=1S/C14H17BrN4O2/c1-3-6-21-14-12(16)13(17-8-18-14)19-10-7-9(15)4-5-11(10)20-2/h4-5,7-8H,3,6,16H2,1-2H3,(H,17,18,19). The predicted molar refractivity (Wildman–Crippen MR) is 86.2 cm³/mol. The molecule has 3 N–H and O–H groups in total. The van der Waals surface area contributed by atoms with Crippen molar-refractivity contribution < 1.29 is 9.47 Å². The van der Waals surface area contributed by atoms with Crippen LogP contribution in [0, 0.1) is 0 Å². The van der Waals surface area contributed by atoms with Gasteiger partial charge in [-0.05, 0) is 24.6 Å². The van der Waals surface area contributed by atoms with Gasteiger partial charge in [0.05, 0.1) is 19.4 Å². The van der Waals surface area contributed by atoms with Crippen LogP contribution < -0.4 is 20.5 Å². The zero-order chi connectivity index (χ0) is 15.2. The Balaban J connectivity index is 2.29. The molecule has 0 unspecified atom stereocenters. The van der Waals surface area contributed by atoms with Gasteiger partial charge in [0.1, 0.15) is 17.8 Å². The summed E-state index contributed by atoms with van der Waals surface area (Å²) >= 11 is 3.42. The van der Waals surface area contributed by atoms with E-state index in [2.05, 4.69) is 31.2 Å². The maximum absolute atomic E-state index is 6.04. The van der Waals surface area contributed by atoms with Gasteiger partial charge in [-0.2, -0.15) is 4.98 Å². The molecule has 0 spiro atoms. The molecule has 1 aromatic carbocycles. The van der Waals surface area contributed by atoms with E-state index in [0.29, 0.717) is 29.7 Å². The van der Waals surface area contributed by atoms with Crippen molar-refractivity contribution in [1.82, 2.24) is 9.97 Å². The van der Waals surface area contributed by atoms with E-state index in [9.17, 15) is 0 Å². The molecule has 21 heavy (non-hydrogen) atoms. The molecule has 0 atom stereocenters. The number of nitrogens with two attached hydrogens (primary N) is 1. The SMILES string of the molecule is CCCOc1ncnc(Nc2cc(Br)ccc2OC)c1N. The predicted octanol–water partition coefficient (Wildman–Crippen LogP) is 3.36. The second kappa shape index (κ2) is 7.12. The van der Waals surface area contributed by atoms with Gasteiger partial charge in [0.2, 0.25) is 5.88 Å². The second-order valence-corrected chi connectivity index (χ2v) is 5.17. The summed E-state index contributed by atoms with van der Waals surface area (Å²) in [5.41, 5.74) is 7.15. The molecule has 0 amide bonds. The van der Waals surface area contributed by atoms with E-state index >= 15 is 0 Å². The molecule has 2 aromatic rings. The first-order valence-electron chi connectivity index (χ1n) is 6.49. The van der Waals surface area contributed by atoms with Crippen LogP contribution in [-0.4, -0.2) is 23.7 Å². The van der Waals surface area contributed by atoms with E-state index in [-0.39, 0.29) is 0 Å². The molecular formula is C14H17BrN4O2. The molecule has 0 aliphatic carbocycles. The quantitative estimate of drug-likeness (QED) is 0.829. The van der Waals surface area contributed by atoms with Gasteiger partial charge in [-0.25, -0.2) is 4.98 Å². The lowest BCUT2D eigenvalue weighted by molar-refractivity contribution is 0.307. The Hall–Kier alpha value is -2.02. The van der Waals surface area contributed by atoms with Crippen molar-refractivity contribution in [3.63, 3.8) is 0 Å². The first-order valence-corrected chi connectivity index (χ1v) is 7.28. The summed E-state index contributed by atoms with van der Waals surface area (Å²) in [6.45, 7) is 2.57. The summed E-state index contributed by atoms with van der Waals surface area (Å²) in [5, 5.41) is 3.14. The molecule has 0 fully saturated rings. The average molecular weight is 353 g/mol. The van der Waals surface area contributed by atoms with Crippen LogP contribution in [0.3, 0.4) is 0 Å². The molecule has 6 nitrogen and oxygen atoms in total. The molecular weight excluding hydrogens is 336 g/mol. The van der Waals surface area contributed by atoms with E-state index in [1.165, 1.54) is 6.33 Å². The van der Waals surface area contributed by atoms with Crippen molar-refractivity contribution in [3.05, 3.63) is 29.0 Å². The lowest BCUT2D eigenvalue weighted by Crippen LogP contribution is -2.06. The van der Waals surface area contributed by atoms with Gasteiger partial charge in [0.25, 0.3) is 0 Å². The lowest BCUT2D eigenvalue weighted by atomic mass is 10.3. The highest BCUT2D eigenvalue weighted by Gasteiger charge is 2.12. The lowest BCUT2D eigenvalue weighted by Gasteiger charge is -2.14. The first-order chi connectivity index (χ1) is 10.2. The van der Waals surface area contributed by atoms with Crippen LogP contribution in [0.4, 0.5) is 17.2 Å². The normalized spacial score (nSPS) is 10.2. The van der Waals surface area contributed by atoms with E-state index in [1.54, 1.807) is 7.11 Å². The minimum atomic E-state index is 0.368. The Bertz CT molecular complexity index is 622. The summed E-state index contributed by atoms with van der Waals surface area (Å²) in [6.07, 6.45) is 2.29. The van der Waals surface area contributed by atoms with Crippen LogP contribution >= 0.6 is 15.9 Å². The zero-order valence-corrected chi connectivity index (χ0v) is 13.5. The number of hydrogen-bond donors (Lipinski definition) is 2. The van der Waals surface area contributed by atoms with Crippen LogP contribution in [0.2, 0.25) is 0 Å². The number of aromatic nitrogens is 2. The maximum Gasteiger partial charge on any atom is 0.242 e. The van der Waals surface area contributed by atoms with Crippen LogP contribution in [-0.2, 0) is 0 Å². The molecule has 0 bridgehead atoms. The highest BCUT2D eigenvalue weighted by molar-refractivity contribution is 9.10. The molecule has 7 heteroatoms. The van der Waals surface area contributed by atoms with Crippen molar-refractivity contribution in [1.29, 1.82) is 0 Å². The molecule has 0 saturated heterocycles. The van der Waals surface area contributed by atoms with Crippen LogP contribution in [0.25, 0.3) is 0 Å². The molecule has 1 aromatic heterocycles. The largest absolute Gasteiger partial charge is 0.495 e. The highest BCUT2D eigenvalue weighted by atomic mass is 79.9. The van der Waals surface area contributed by atoms with Crippen molar-refractivity contribution in [2.45, 2.75) is 13.3 Å². The minimum Gasteiger partial charge on any atom is -0.495 e. The molecule has 112 valence electrons. The van der Waals surface area contributed by atoms with Gasteiger partial charge in [0, 0.05) is 4.47 Å². The number of methoxy groups -OCH3 is 1. The molecule has 0 aliphatic rings. The number of benzene rings is 1. The van der Waals surface area contributed by atoms with Crippen molar-refractivity contribution in [2.24, 2.45) is 0 Å². The fourth-order valence-electron chi connectivity index (χ4n) is 1.70. The molecule has 0 saturated carbocycles. The van der Waals surface area contributed by atoms with Crippen molar-refractivity contribution in [3.8, 4) is 11.6 Å². The Morgan fingerprint density at radius 3 is 2.86 bits per heavy atom. The van der Waals surface area contributed by atoms with Crippen LogP contribution in [0.5, 0.6) is 11.6 Å². The maximum atomic E-state index is 6.04. The van der Waals surface area contributed by atoms with Gasteiger partial charge in [-0.3, -0.25) is 0 Å². The molecule has 0 aliphatic heterocycles. The number of nitrogens with one attached hydrogen (secondary N) is 1. The number of hydrogen-bond acceptors (Lipinski definition) is 6. The third kappa shape index (κ3) is 3.75. The third-order valence-corrected chi connectivity index (χ3v) is 3.20. The topological polar surface area (TPSA) is 82.3 Å². The summed E-state index contributed by atoms with van der Waals surface area (Å²) in [7, 11) is 1.60. The van der Waals surface area contributed by atoms with Gasteiger partial charge in [-0.1, -0.05) is 22.9 Å². The summed E-state index contributed by atoms with van der Waals surface area (Å²) in [5.74, 6) is 1.54. The Kier molecular flexibility index (Phi) is 5.21. The van der Waals surface area contributed by atoms with Gasteiger partial charge < -0.3 is 20.5 Å². The zero-order valence-electron chi connectivity index (χ0n) is 11.9. The summed E-state index contributed by atoms with van der Waals surface area (Å²) in [6, 6.07) is 5.62. The molecule has 0 radical (unpaired) electrons. The van der Waals surface area contributed by atoms with Crippen molar-refractivity contribution in [2.75, 3.05) is 24.8 Å². The highest BCUT2D eigenvalue weighted by Crippen LogP contribution is 2.33. The second-order valence-electron chi connectivity index (χ2n) is 4.26. The average Bonchev–Trinajstić information content (AvgIpc) is 2.48. The van der Waals surface area contributed by atoms with E-state index in [4.69, 9.17) is 15.2 Å². The Labute approximate surface area is 131 Å². The number of nitrogen functional groups attached to an aromatic ring is 1. The fraction of sp³-hybridized carbons (Fsp3) is 0.286. The Morgan fingerprint density at radius 1 is 1.33 bits per heavy atom. The van der Waals surface area contributed by atoms with Crippen LogP contribution in [0.15, 0.2) is 29.0 Å². The van der Waals surface area contributed by atoms with Crippen molar-refractivity contribution >= 4 is 33.1 Å². The minimum absolute atomic E-state index is 0.368. The number of halogens is 1. The Morgan fingerprint density at radius 2 is 2.14 bits per heavy atom. The number of ether oxygens (including phenoxy) is 2. The summed E-state index contributed by atoms with van der Waals surface area (Å²) in [4.78, 5) is 8.19. The smallest absolute Gasteiger partial charge is 0.242 e. The van der Waals surface area contributed by atoms with Gasteiger partial charge in [-0.15, -0.1) is 0 Å². The monoisotopic (exact) mass is 352 g/mol. The van der Waals surface area contributed by atoms with Gasteiger partial charge >= 0.3 is 0 Å². The number of nitrogens with zero attached hydrogens (tertiary/aromatic N) is 2.